The van der Waals surface area contributed by atoms with Crippen LogP contribution >= 0.6 is 15.0 Å². The highest BCUT2D eigenvalue weighted by molar-refractivity contribution is 7.55. The largest absolute Gasteiger partial charge is 0.381 e. The van der Waals surface area contributed by atoms with E-state index in [-0.39, 0.29) is 23.2 Å². The Hall–Kier alpha value is 0.220. The topological polar surface area (TPSA) is 145 Å². The first-order valence-electron chi connectivity index (χ1n) is 8.48. The van der Waals surface area contributed by atoms with Crippen LogP contribution in [-0.4, -0.2) is 48.5 Å². The van der Waals surface area contributed by atoms with E-state index in [2.05, 4.69) is 0 Å². The molecule has 2 atom stereocenters. The first-order valence-corrected chi connectivity index (χ1v) is 12.3. The number of rotatable bonds is 14. The van der Waals surface area contributed by atoms with Crippen LogP contribution in [0.2, 0.25) is 0 Å². The Morgan fingerprint density at radius 2 is 1.08 bits per heavy atom. The first kappa shape index (κ1) is 25.2. The van der Waals surface area contributed by atoms with Gasteiger partial charge >= 0.3 is 0 Å². The van der Waals surface area contributed by atoms with E-state index in [1.54, 1.807) is 0 Å². The molecule has 0 amide bonds. The Labute approximate surface area is 151 Å². The van der Waals surface area contributed by atoms with Gasteiger partial charge in [0.2, 0.25) is 0 Å². The summed E-state index contributed by atoms with van der Waals surface area (Å²) in [5.41, 5.74) is 9.73. The van der Waals surface area contributed by atoms with Gasteiger partial charge in [0.05, 0.1) is 0 Å². The Bertz CT molecular complexity index is 431. The zero-order chi connectivity index (χ0) is 19.8. The first-order chi connectivity index (χ1) is 11.1. The molecule has 8 nitrogen and oxygen atoms in total. The highest BCUT2D eigenvalue weighted by Crippen LogP contribution is 2.40. The van der Waals surface area contributed by atoms with Crippen molar-refractivity contribution in [2.45, 2.75) is 47.0 Å². The summed E-state index contributed by atoms with van der Waals surface area (Å²) in [6.07, 6.45) is 2.21. The Morgan fingerprint density at radius 3 is 1.36 bits per heavy atom. The molecule has 0 heterocycles. The average molecular weight is 402 g/mol. The summed E-state index contributed by atoms with van der Waals surface area (Å²) in [5.74, 6) is 0. The second-order valence-corrected chi connectivity index (χ2v) is 11.9. The third-order valence-corrected chi connectivity index (χ3v) is 6.35. The number of nitrogens with two attached hydrogens (primary N) is 2. The lowest BCUT2D eigenvalue weighted by atomic mass is 9.92. The molecule has 0 spiro atoms. The van der Waals surface area contributed by atoms with E-state index in [9.17, 15) is 18.9 Å². The maximum Gasteiger partial charge on any atom is 0.265 e. The lowest BCUT2D eigenvalue weighted by molar-refractivity contribution is 0.0640. The van der Waals surface area contributed by atoms with Crippen LogP contribution in [0.25, 0.3) is 0 Å². The number of hydrogen-bond donors (Lipinski definition) is 4. The Morgan fingerprint density at radius 1 is 0.760 bits per heavy atom. The molecule has 0 aromatic rings. The van der Waals surface area contributed by atoms with E-state index in [0.29, 0.717) is 39.3 Å². The van der Waals surface area contributed by atoms with Crippen LogP contribution in [0.3, 0.4) is 0 Å². The average Bonchev–Trinajstić information content (AvgIpc) is 2.30. The van der Waals surface area contributed by atoms with Crippen LogP contribution in [0.4, 0.5) is 0 Å². The Kier molecular flexibility index (Phi) is 10.6. The van der Waals surface area contributed by atoms with Crippen LogP contribution in [0.1, 0.15) is 47.0 Å². The van der Waals surface area contributed by atoms with Gasteiger partial charge in [-0.15, -0.1) is 0 Å². The molecule has 25 heavy (non-hydrogen) atoms. The summed E-state index contributed by atoms with van der Waals surface area (Å²) in [4.78, 5) is 18.5. The fourth-order valence-electron chi connectivity index (χ4n) is 2.55. The molecule has 152 valence electrons. The molecule has 0 saturated carbocycles. The van der Waals surface area contributed by atoms with Crippen LogP contribution in [-0.2, 0) is 18.6 Å². The summed E-state index contributed by atoms with van der Waals surface area (Å²) in [6.45, 7) is 9.67. The lowest BCUT2D eigenvalue weighted by Gasteiger charge is -2.25. The van der Waals surface area contributed by atoms with Crippen LogP contribution < -0.4 is 11.0 Å². The summed E-state index contributed by atoms with van der Waals surface area (Å²) < 4.78 is 33.5. The molecule has 10 heteroatoms. The van der Waals surface area contributed by atoms with Crippen molar-refractivity contribution in [2.75, 3.05) is 38.8 Å². The predicted octanol–water partition coefficient (Wildman–Crippen LogP) is 2.53. The van der Waals surface area contributed by atoms with Crippen molar-refractivity contribution in [3.05, 3.63) is 0 Å². The molecule has 2 unspecified atom stereocenters. The highest BCUT2D eigenvalue weighted by atomic mass is 31.2. The molecular weight excluding hydrogens is 366 g/mol. The maximum absolute atomic E-state index is 11.3. The normalized spacial score (nSPS) is 17.9. The lowest BCUT2D eigenvalue weighted by Crippen LogP contribution is -2.22. The van der Waals surface area contributed by atoms with Crippen molar-refractivity contribution in [1.29, 1.82) is 0 Å². The van der Waals surface area contributed by atoms with Crippen LogP contribution in [0, 0.1) is 10.8 Å². The zero-order valence-corrected chi connectivity index (χ0v) is 17.7. The van der Waals surface area contributed by atoms with Gasteiger partial charge in [0.15, 0.2) is 0 Å². The standard InChI is InChI=1S/C15H36N2O6P2/c1-14(2,12-24(16,18)19)6-10-22-8-5-9-23-11-7-15(3,4)13-25(17,20)21/h5-13H2,1-4H3,(H3,16,18,19)(H3,17,20,21). The number of hydrogen-bond acceptors (Lipinski definition) is 4. The molecular formula is C15H36N2O6P2. The molecule has 0 bridgehead atoms. The monoisotopic (exact) mass is 402 g/mol. The smallest absolute Gasteiger partial charge is 0.265 e. The van der Waals surface area contributed by atoms with Gasteiger partial charge in [0.1, 0.15) is 0 Å². The van der Waals surface area contributed by atoms with Gasteiger partial charge in [-0.05, 0) is 30.1 Å². The third kappa shape index (κ3) is 17.4. The highest BCUT2D eigenvalue weighted by Gasteiger charge is 2.27. The van der Waals surface area contributed by atoms with Gasteiger partial charge < -0.3 is 19.3 Å². The quantitative estimate of drug-likeness (QED) is 0.256. The molecule has 0 rings (SSSR count). The SMILES string of the molecule is CC(C)(CCOCCCOCCC(C)(C)CP(N)(=O)O)CP(N)(=O)O. The van der Waals surface area contributed by atoms with Crippen molar-refractivity contribution >= 4 is 15.0 Å². The summed E-state index contributed by atoms with van der Waals surface area (Å²) in [7, 11) is -7.01. The second kappa shape index (κ2) is 10.5. The number of ether oxygens (including phenoxy) is 2. The molecule has 0 saturated heterocycles. The van der Waals surface area contributed by atoms with E-state index >= 15 is 0 Å². The fourth-order valence-corrected chi connectivity index (χ4v) is 5.32. The van der Waals surface area contributed by atoms with Gasteiger partial charge in [-0.25, -0.2) is 0 Å². The van der Waals surface area contributed by atoms with E-state index in [0.717, 1.165) is 6.42 Å². The Balaban J connectivity index is 3.69. The maximum atomic E-state index is 11.3. The third-order valence-electron chi connectivity index (χ3n) is 3.73. The van der Waals surface area contributed by atoms with Crippen molar-refractivity contribution < 1.29 is 28.4 Å². The van der Waals surface area contributed by atoms with Gasteiger partial charge in [0.25, 0.3) is 15.0 Å². The van der Waals surface area contributed by atoms with Crippen molar-refractivity contribution in [2.24, 2.45) is 21.8 Å². The van der Waals surface area contributed by atoms with Crippen molar-refractivity contribution in [3.8, 4) is 0 Å². The van der Waals surface area contributed by atoms with E-state index < -0.39 is 15.0 Å². The minimum Gasteiger partial charge on any atom is -0.381 e. The van der Waals surface area contributed by atoms with Crippen LogP contribution in [0.15, 0.2) is 0 Å². The zero-order valence-electron chi connectivity index (χ0n) is 15.9. The molecule has 0 aliphatic heterocycles. The molecule has 0 radical (unpaired) electrons. The minimum atomic E-state index is -3.51. The van der Waals surface area contributed by atoms with Gasteiger partial charge in [-0.1, -0.05) is 27.7 Å². The van der Waals surface area contributed by atoms with Gasteiger partial charge in [-0.3, -0.25) is 20.1 Å². The second-order valence-electron chi connectivity index (χ2n) is 8.23. The van der Waals surface area contributed by atoms with Gasteiger partial charge in [-0.2, -0.15) is 0 Å². The summed E-state index contributed by atoms with van der Waals surface area (Å²) >= 11 is 0. The fraction of sp³-hybridized carbons (Fsp3) is 1.00. The van der Waals surface area contributed by atoms with E-state index in [1.165, 1.54) is 0 Å². The van der Waals surface area contributed by atoms with Gasteiger partial charge in [0, 0.05) is 38.8 Å². The van der Waals surface area contributed by atoms with Crippen molar-refractivity contribution in [1.82, 2.24) is 0 Å². The molecule has 6 N–H and O–H groups in total. The molecule has 0 aliphatic carbocycles. The van der Waals surface area contributed by atoms with Crippen molar-refractivity contribution in [3.63, 3.8) is 0 Å². The summed E-state index contributed by atoms with van der Waals surface area (Å²) in [5, 5.41) is 0. The molecule has 0 aromatic heterocycles. The van der Waals surface area contributed by atoms with E-state index in [1.807, 2.05) is 27.7 Å². The molecule has 0 aliphatic rings. The predicted molar refractivity (Wildman–Crippen MR) is 101 cm³/mol. The molecule has 0 aromatic carbocycles. The minimum absolute atomic E-state index is 0.0752. The summed E-state index contributed by atoms with van der Waals surface area (Å²) in [6, 6.07) is 0. The van der Waals surface area contributed by atoms with E-state index in [4.69, 9.17) is 20.5 Å². The molecule has 0 fully saturated rings. The van der Waals surface area contributed by atoms with Crippen LogP contribution in [0.5, 0.6) is 0 Å².